The molecule has 4 aromatic rings. The van der Waals surface area contributed by atoms with Gasteiger partial charge in [0.15, 0.2) is 0 Å². The van der Waals surface area contributed by atoms with Gasteiger partial charge in [0.05, 0.1) is 22.7 Å². The molecule has 0 radical (unpaired) electrons. The summed E-state index contributed by atoms with van der Waals surface area (Å²) < 4.78 is 0. The minimum Gasteiger partial charge on any atom is -0.508 e. The molecule has 1 heterocycles. The van der Waals surface area contributed by atoms with Gasteiger partial charge in [0.25, 0.3) is 0 Å². The van der Waals surface area contributed by atoms with E-state index in [1.54, 1.807) is 6.07 Å². The third-order valence-electron chi connectivity index (χ3n) is 5.03. The van der Waals surface area contributed by atoms with Gasteiger partial charge < -0.3 is 10.2 Å². The van der Waals surface area contributed by atoms with E-state index in [9.17, 15) is 10.2 Å². The number of rotatable bonds is 3. The first-order valence-electron chi connectivity index (χ1n) is 9.55. The summed E-state index contributed by atoms with van der Waals surface area (Å²) in [5.74, 6) is -0.0835. The predicted molar refractivity (Wildman–Crippen MR) is 126 cm³/mol. The van der Waals surface area contributed by atoms with Gasteiger partial charge in [-0.05, 0) is 72.8 Å². The van der Waals surface area contributed by atoms with Crippen molar-refractivity contribution >= 4 is 51.6 Å². The monoisotopic (exact) mass is 449 g/mol. The molecule has 1 aliphatic heterocycles. The van der Waals surface area contributed by atoms with E-state index in [1.165, 1.54) is 12.1 Å². The molecule has 7 heteroatoms. The van der Waals surface area contributed by atoms with E-state index in [1.807, 2.05) is 87.9 Å². The van der Waals surface area contributed by atoms with Crippen molar-refractivity contribution in [3.63, 3.8) is 0 Å². The van der Waals surface area contributed by atoms with Gasteiger partial charge in [-0.25, -0.2) is 10.0 Å². The van der Waals surface area contributed by atoms with Gasteiger partial charge in [-0.3, -0.25) is 0 Å². The highest BCUT2D eigenvalue weighted by Crippen LogP contribution is 2.50. The Morgan fingerprint density at radius 1 is 0.548 bits per heavy atom. The van der Waals surface area contributed by atoms with E-state index in [-0.39, 0.29) is 11.5 Å². The first-order valence-corrected chi connectivity index (χ1v) is 10.3. The fourth-order valence-corrected chi connectivity index (χ4v) is 3.93. The van der Waals surface area contributed by atoms with Gasteiger partial charge in [0, 0.05) is 16.1 Å². The molecule has 0 fully saturated rings. The number of hydrogen-bond donors (Lipinski definition) is 2. The summed E-state index contributed by atoms with van der Waals surface area (Å²) in [6.45, 7) is 0. The quantitative estimate of drug-likeness (QED) is 0.351. The van der Waals surface area contributed by atoms with E-state index in [0.29, 0.717) is 15.7 Å². The fraction of sp³-hybridized carbons (Fsp3) is 0. The van der Waals surface area contributed by atoms with Crippen LogP contribution in [-0.4, -0.2) is 10.2 Å². The van der Waals surface area contributed by atoms with Crippen LogP contribution in [0.2, 0.25) is 10.0 Å². The number of halogens is 2. The average molecular weight is 450 g/mol. The van der Waals surface area contributed by atoms with E-state index in [0.717, 1.165) is 22.7 Å². The molecule has 0 saturated heterocycles. The van der Waals surface area contributed by atoms with Crippen molar-refractivity contribution in [2.75, 3.05) is 15.1 Å². The SMILES string of the molecule is Oc1ccc(N2N(c3ccc(Cl)cc3)c3ccccc3N2c2ccc(Cl)cc2)c(O)c1. The van der Waals surface area contributed by atoms with Gasteiger partial charge in [-0.1, -0.05) is 35.3 Å². The van der Waals surface area contributed by atoms with Crippen molar-refractivity contribution < 1.29 is 10.2 Å². The molecule has 1 aliphatic rings. The number of aromatic hydroxyl groups is 2. The van der Waals surface area contributed by atoms with E-state index >= 15 is 0 Å². The van der Waals surface area contributed by atoms with Crippen LogP contribution in [0.25, 0.3) is 0 Å². The van der Waals surface area contributed by atoms with Gasteiger partial charge in [0.2, 0.25) is 0 Å². The number of nitrogens with zero attached hydrogens (tertiary/aromatic N) is 3. The Hall–Kier alpha value is -3.54. The zero-order valence-electron chi connectivity index (χ0n) is 16.2. The Bertz CT molecular complexity index is 1170. The highest BCUT2D eigenvalue weighted by molar-refractivity contribution is 6.31. The maximum atomic E-state index is 10.8. The van der Waals surface area contributed by atoms with Crippen molar-refractivity contribution in [2.24, 2.45) is 0 Å². The number of anilines is 5. The number of fused-ring (bicyclic) bond motifs is 1. The average Bonchev–Trinajstić information content (AvgIpc) is 3.10. The molecule has 0 amide bonds. The first kappa shape index (κ1) is 19.4. The van der Waals surface area contributed by atoms with E-state index in [2.05, 4.69) is 0 Å². The lowest BCUT2D eigenvalue weighted by molar-refractivity contribution is 0.450. The summed E-state index contributed by atoms with van der Waals surface area (Å²) in [6, 6.07) is 27.4. The topological polar surface area (TPSA) is 50.2 Å². The number of phenols is 2. The van der Waals surface area contributed by atoms with Crippen LogP contribution in [-0.2, 0) is 0 Å². The third kappa shape index (κ3) is 3.38. The Balaban J connectivity index is 1.77. The molecule has 5 nitrogen and oxygen atoms in total. The summed E-state index contributed by atoms with van der Waals surface area (Å²) in [5.41, 5.74) is 4.00. The molecular formula is C24H17Cl2N3O2. The largest absolute Gasteiger partial charge is 0.508 e. The molecule has 0 atom stereocenters. The van der Waals surface area contributed by atoms with Crippen molar-refractivity contribution in [3.8, 4) is 11.5 Å². The van der Waals surface area contributed by atoms with Crippen molar-refractivity contribution in [3.05, 3.63) is 101 Å². The standard InChI is InChI=1S/C24H17Cl2N3O2/c25-16-5-9-18(10-6-16)27-21-3-1-2-4-22(21)28(19-11-7-17(26)8-12-19)29(27)23-14-13-20(30)15-24(23)31/h1-15,30-31H. The van der Waals surface area contributed by atoms with Crippen LogP contribution in [0.4, 0.5) is 28.4 Å². The molecule has 31 heavy (non-hydrogen) atoms. The van der Waals surface area contributed by atoms with E-state index in [4.69, 9.17) is 23.2 Å². The summed E-state index contributed by atoms with van der Waals surface area (Å²) in [7, 11) is 0. The van der Waals surface area contributed by atoms with E-state index < -0.39 is 0 Å². The van der Waals surface area contributed by atoms with Gasteiger partial charge in [-0.15, -0.1) is 0 Å². The van der Waals surface area contributed by atoms with Gasteiger partial charge >= 0.3 is 0 Å². The Morgan fingerprint density at radius 3 is 1.48 bits per heavy atom. The smallest absolute Gasteiger partial charge is 0.146 e. The minimum absolute atomic E-state index is 0.0194. The van der Waals surface area contributed by atoms with Crippen LogP contribution < -0.4 is 15.1 Å². The molecule has 0 unspecified atom stereocenters. The number of benzene rings is 4. The molecule has 0 aromatic heterocycles. The van der Waals surface area contributed by atoms with Crippen LogP contribution in [0.1, 0.15) is 0 Å². The number of para-hydroxylation sites is 2. The zero-order valence-corrected chi connectivity index (χ0v) is 17.7. The number of phenolic OH excluding ortho intramolecular Hbond substituents is 2. The highest BCUT2D eigenvalue weighted by Gasteiger charge is 2.37. The first-order chi connectivity index (χ1) is 15.0. The third-order valence-corrected chi connectivity index (χ3v) is 5.54. The summed E-state index contributed by atoms with van der Waals surface area (Å²) >= 11 is 12.3. The van der Waals surface area contributed by atoms with Crippen LogP contribution in [0.5, 0.6) is 11.5 Å². The Kier molecular flexibility index (Phi) is 4.77. The molecule has 0 bridgehead atoms. The second kappa shape index (κ2) is 7.61. The molecule has 0 aliphatic carbocycles. The number of hydrogen-bond acceptors (Lipinski definition) is 5. The zero-order chi connectivity index (χ0) is 21.5. The second-order valence-corrected chi connectivity index (χ2v) is 7.90. The fourth-order valence-electron chi connectivity index (χ4n) is 3.67. The Morgan fingerprint density at radius 2 is 1.03 bits per heavy atom. The second-order valence-electron chi connectivity index (χ2n) is 7.03. The lowest BCUT2D eigenvalue weighted by Gasteiger charge is -2.37. The maximum Gasteiger partial charge on any atom is 0.146 e. The molecule has 0 spiro atoms. The van der Waals surface area contributed by atoms with Crippen molar-refractivity contribution in [2.45, 2.75) is 0 Å². The van der Waals surface area contributed by atoms with Crippen molar-refractivity contribution in [1.29, 1.82) is 0 Å². The maximum absolute atomic E-state index is 10.8. The molecule has 154 valence electrons. The minimum atomic E-state index is -0.0641. The van der Waals surface area contributed by atoms with Crippen molar-refractivity contribution in [1.82, 2.24) is 0 Å². The highest BCUT2D eigenvalue weighted by atomic mass is 35.5. The number of hydrazine groups is 2. The normalized spacial score (nSPS) is 12.9. The van der Waals surface area contributed by atoms with Gasteiger partial charge in [0.1, 0.15) is 17.2 Å². The molecule has 4 aromatic carbocycles. The molecular weight excluding hydrogens is 433 g/mol. The van der Waals surface area contributed by atoms with Crippen LogP contribution in [0.15, 0.2) is 91.0 Å². The van der Waals surface area contributed by atoms with Crippen LogP contribution >= 0.6 is 23.2 Å². The molecule has 2 N–H and O–H groups in total. The predicted octanol–water partition coefficient (Wildman–Crippen LogP) is 7.03. The Labute approximate surface area is 189 Å². The van der Waals surface area contributed by atoms with Crippen LogP contribution in [0, 0.1) is 0 Å². The van der Waals surface area contributed by atoms with Gasteiger partial charge in [-0.2, -0.15) is 5.12 Å². The molecule has 0 saturated carbocycles. The lowest BCUT2D eigenvalue weighted by atomic mass is 10.2. The summed E-state index contributed by atoms with van der Waals surface area (Å²) in [4.78, 5) is 0. The van der Waals surface area contributed by atoms with Crippen LogP contribution in [0.3, 0.4) is 0 Å². The lowest BCUT2D eigenvalue weighted by Crippen LogP contribution is -2.44. The molecule has 5 rings (SSSR count). The summed E-state index contributed by atoms with van der Waals surface area (Å²) in [5, 5.41) is 27.7. The summed E-state index contributed by atoms with van der Waals surface area (Å²) in [6.07, 6.45) is 0.